The van der Waals surface area contributed by atoms with E-state index in [0.717, 1.165) is 0 Å². The van der Waals surface area contributed by atoms with Gasteiger partial charge in [0.05, 0.1) is 18.2 Å². The summed E-state index contributed by atoms with van der Waals surface area (Å²) in [5.74, 6) is 0.0753. The molecule has 1 aromatic carbocycles. The maximum Gasteiger partial charge on any atom is 0.338 e. The lowest BCUT2D eigenvalue weighted by Gasteiger charge is -2.38. The second-order valence-corrected chi connectivity index (χ2v) is 15.0. The number of benzene rings is 1. The zero-order valence-electron chi connectivity index (χ0n) is 20.1. The van der Waals surface area contributed by atoms with Gasteiger partial charge in [-0.05, 0) is 37.2 Å². The third-order valence-electron chi connectivity index (χ3n) is 6.99. The molecule has 4 atom stereocenters. The molecule has 1 saturated heterocycles. The summed E-state index contributed by atoms with van der Waals surface area (Å²) >= 11 is 0. The summed E-state index contributed by atoms with van der Waals surface area (Å²) in [6, 6.07) is 9.05. The molecule has 0 unspecified atom stereocenters. The molecule has 1 saturated carbocycles. The fourth-order valence-corrected chi connectivity index (χ4v) is 5.14. The molecular weight excluding hydrogens is 424 g/mol. The topological polar surface area (TPSA) is 71.1 Å². The van der Waals surface area contributed by atoms with E-state index in [1.54, 1.807) is 19.1 Å². The van der Waals surface area contributed by atoms with E-state index in [2.05, 4.69) is 33.9 Å². The predicted octanol–water partition coefficient (Wildman–Crippen LogP) is 5.11. The first kappa shape index (κ1) is 24.5. The monoisotopic (exact) mass is 460 g/mol. The molecule has 1 heterocycles. The number of carbonyl (C=O) groups excluding carboxylic acids is 2. The third kappa shape index (κ3) is 5.62. The van der Waals surface area contributed by atoms with E-state index in [4.69, 9.17) is 18.6 Å². The van der Waals surface area contributed by atoms with Gasteiger partial charge in [0.1, 0.15) is 18.0 Å². The van der Waals surface area contributed by atoms with Crippen LogP contribution in [-0.2, 0) is 23.4 Å². The highest BCUT2D eigenvalue weighted by molar-refractivity contribution is 6.74. The van der Waals surface area contributed by atoms with Gasteiger partial charge < -0.3 is 18.6 Å². The first-order valence-electron chi connectivity index (χ1n) is 11.5. The number of ether oxygens (including phenoxy) is 3. The van der Waals surface area contributed by atoms with Crippen LogP contribution in [0.15, 0.2) is 42.2 Å². The lowest BCUT2D eigenvalue weighted by molar-refractivity contribution is -0.137. The highest BCUT2D eigenvalue weighted by Crippen LogP contribution is 2.47. The minimum atomic E-state index is -1.97. The lowest BCUT2D eigenvalue weighted by Crippen LogP contribution is -2.43. The number of rotatable bonds is 7. The number of esters is 2. The van der Waals surface area contributed by atoms with E-state index in [1.165, 1.54) is 6.08 Å². The number of hydrogen-bond donors (Lipinski definition) is 0. The summed E-state index contributed by atoms with van der Waals surface area (Å²) in [4.78, 5) is 24.6. The Morgan fingerprint density at radius 3 is 2.50 bits per heavy atom. The van der Waals surface area contributed by atoms with Gasteiger partial charge in [0.2, 0.25) is 0 Å². The van der Waals surface area contributed by atoms with Crippen molar-refractivity contribution in [2.45, 2.75) is 70.9 Å². The van der Waals surface area contributed by atoms with E-state index >= 15 is 0 Å². The van der Waals surface area contributed by atoms with Crippen molar-refractivity contribution in [3.63, 3.8) is 0 Å². The van der Waals surface area contributed by atoms with Crippen molar-refractivity contribution in [1.82, 2.24) is 0 Å². The molecule has 0 N–H and O–H groups in total. The molecule has 7 heteroatoms. The Labute approximate surface area is 192 Å². The Bertz CT molecular complexity index is 842. The number of hydrogen-bond acceptors (Lipinski definition) is 6. The van der Waals surface area contributed by atoms with Gasteiger partial charge in [-0.1, -0.05) is 39.0 Å². The largest absolute Gasteiger partial charge is 0.494 e. The Balaban J connectivity index is 1.75. The van der Waals surface area contributed by atoms with Gasteiger partial charge in [0.25, 0.3) is 0 Å². The molecule has 0 spiro atoms. The molecule has 0 bridgehead atoms. The van der Waals surface area contributed by atoms with Crippen LogP contribution in [0.3, 0.4) is 0 Å². The van der Waals surface area contributed by atoms with Crippen molar-refractivity contribution in [3.8, 4) is 0 Å². The Hall–Kier alpha value is -2.12. The highest BCUT2D eigenvalue weighted by atomic mass is 28.4. The molecule has 2 aliphatic rings. The van der Waals surface area contributed by atoms with E-state index in [0.29, 0.717) is 37.4 Å². The number of fused-ring (bicyclic) bond motifs is 1. The summed E-state index contributed by atoms with van der Waals surface area (Å²) in [6.45, 7) is 13.7. The number of carbonyl (C=O) groups is 2. The van der Waals surface area contributed by atoms with E-state index in [-0.39, 0.29) is 41.0 Å². The van der Waals surface area contributed by atoms with Crippen molar-refractivity contribution in [2.24, 2.45) is 11.8 Å². The Kier molecular flexibility index (Phi) is 7.50. The fraction of sp³-hybridized carbons (Fsp3) is 0.600. The van der Waals surface area contributed by atoms with Crippen LogP contribution in [-0.4, -0.2) is 45.7 Å². The summed E-state index contributed by atoms with van der Waals surface area (Å²) in [7, 11) is -1.97. The maximum atomic E-state index is 12.7. The smallest absolute Gasteiger partial charge is 0.338 e. The zero-order valence-corrected chi connectivity index (χ0v) is 21.1. The van der Waals surface area contributed by atoms with Gasteiger partial charge in [0, 0.05) is 31.3 Å². The molecule has 0 amide bonds. The molecule has 1 aliphatic heterocycles. The van der Waals surface area contributed by atoms with Crippen LogP contribution in [0, 0.1) is 11.8 Å². The summed E-state index contributed by atoms with van der Waals surface area (Å²) in [5, 5.41) is 0.0857. The van der Waals surface area contributed by atoms with Crippen molar-refractivity contribution in [1.29, 1.82) is 0 Å². The van der Waals surface area contributed by atoms with Crippen molar-refractivity contribution in [2.75, 3.05) is 13.2 Å². The molecular formula is C25H36O6Si. The average molecular weight is 461 g/mol. The van der Waals surface area contributed by atoms with E-state index in [1.807, 2.05) is 18.2 Å². The molecule has 1 aliphatic carbocycles. The van der Waals surface area contributed by atoms with Gasteiger partial charge in [-0.3, -0.25) is 0 Å². The summed E-state index contributed by atoms with van der Waals surface area (Å²) < 4.78 is 23.6. The van der Waals surface area contributed by atoms with Gasteiger partial charge in [-0.15, -0.1) is 0 Å². The summed E-state index contributed by atoms with van der Waals surface area (Å²) in [5.41, 5.74) is 0.539. The van der Waals surface area contributed by atoms with Crippen LogP contribution in [0.1, 0.15) is 50.9 Å². The first-order chi connectivity index (χ1) is 15.0. The minimum Gasteiger partial charge on any atom is -0.494 e. The second-order valence-electron chi connectivity index (χ2n) is 10.2. The van der Waals surface area contributed by atoms with Crippen molar-refractivity contribution in [3.05, 3.63) is 47.7 Å². The van der Waals surface area contributed by atoms with Gasteiger partial charge in [0.15, 0.2) is 8.32 Å². The molecule has 176 valence electrons. The Morgan fingerprint density at radius 1 is 1.19 bits per heavy atom. The highest BCUT2D eigenvalue weighted by Gasteiger charge is 2.51. The third-order valence-corrected chi connectivity index (χ3v) is 11.5. The van der Waals surface area contributed by atoms with Gasteiger partial charge >= 0.3 is 11.9 Å². The predicted molar refractivity (Wildman–Crippen MR) is 125 cm³/mol. The molecule has 0 aromatic heterocycles. The van der Waals surface area contributed by atoms with Crippen LogP contribution < -0.4 is 0 Å². The second kappa shape index (κ2) is 9.79. The molecule has 2 fully saturated rings. The van der Waals surface area contributed by atoms with Crippen molar-refractivity contribution >= 4 is 20.3 Å². The first-order valence-corrected chi connectivity index (χ1v) is 14.4. The minimum absolute atomic E-state index is 0.00915. The summed E-state index contributed by atoms with van der Waals surface area (Å²) in [6.07, 6.45) is 2.27. The maximum absolute atomic E-state index is 12.7. The van der Waals surface area contributed by atoms with E-state index < -0.39 is 8.32 Å². The van der Waals surface area contributed by atoms with Crippen LogP contribution in [0.2, 0.25) is 18.1 Å². The normalized spacial score (nSPS) is 26.5. The molecule has 1 aromatic rings. The van der Waals surface area contributed by atoms with Crippen LogP contribution in [0.25, 0.3) is 0 Å². The van der Waals surface area contributed by atoms with E-state index in [9.17, 15) is 9.59 Å². The molecule has 0 radical (unpaired) electrons. The zero-order chi connectivity index (χ0) is 23.5. The number of allylic oxidation sites excluding steroid dienone is 1. The standard InChI is InChI=1S/C25H36O6Si/c1-7-28-23(26)14-18-13-19-20(16-29-32(5,6)25(2,3)4)22(15-21(19)30-18)31-24(27)17-11-9-8-10-12-17/h8-12,14,19-22H,7,13,15-16H2,1-6H3/b18-14+/t19-,20-,21+,22-/m1/s1. The van der Waals surface area contributed by atoms with Gasteiger partial charge in [-0.2, -0.15) is 0 Å². The van der Waals surface area contributed by atoms with Crippen LogP contribution in [0.5, 0.6) is 0 Å². The Morgan fingerprint density at radius 2 is 1.88 bits per heavy atom. The quantitative estimate of drug-likeness (QED) is 0.320. The van der Waals surface area contributed by atoms with Gasteiger partial charge in [-0.25, -0.2) is 9.59 Å². The van der Waals surface area contributed by atoms with Crippen LogP contribution in [0.4, 0.5) is 0 Å². The molecule has 6 nitrogen and oxygen atoms in total. The van der Waals surface area contributed by atoms with Crippen LogP contribution >= 0.6 is 0 Å². The lowest BCUT2D eigenvalue weighted by atomic mass is 9.92. The molecule has 32 heavy (non-hydrogen) atoms. The SMILES string of the molecule is CCOC(=O)/C=C1\C[C@@H]2[C@@H](CO[Si](C)(C)C(C)(C)C)[C@H](OC(=O)c3ccccc3)C[C@@H]2O1. The fourth-order valence-electron chi connectivity index (χ4n) is 4.10. The molecule has 3 rings (SSSR count). The average Bonchev–Trinajstić information content (AvgIpc) is 3.23. The van der Waals surface area contributed by atoms with Crippen molar-refractivity contribution < 1.29 is 28.2 Å².